The molecule has 5 nitrogen and oxygen atoms in total. The molecule has 0 fully saturated rings. The normalized spacial score (nSPS) is 18.2. The van der Waals surface area contributed by atoms with E-state index >= 15 is 0 Å². The molecule has 0 saturated carbocycles. The van der Waals surface area contributed by atoms with Gasteiger partial charge in [0.05, 0.1) is 35.6 Å². The first-order valence-corrected chi connectivity index (χ1v) is 10.0. The summed E-state index contributed by atoms with van der Waals surface area (Å²) < 4.78 is 10.9. The number of ether oxygens (including phenoxy) is 2. The minimum atomic E-state index is -0.0379. The van der Waals surface area contributed by atoms with E-state index in [0.717, 1.165) is 17.8 Å². The van der Waals surface area contributed by atoms with Crippen LogP contribution < -0.4 is 10.6 Å². The van der Waals surface area contributed by atoms with E-state index < -0.39 is 0 Å². The molecule has 0 amide bonds. The van der Waals surface area contributed by atoms with Gasteiger partial charge >= 0.3 is 0 Å². The second-order valence-corrected chi connectivity index (χ2v) is 7.71. The predicted molar refractivity (Wildman–Crippen MR) is 112 cm³/mol. The van der Waals surface area contributed by atoms with Crippen molar-refractivity contribution in [1.82, 2.24) is 15.5 Å². The van der Waals surface area contributed by atoms with Crippen LogP contribution in [0, 0.1) is 0 Å². The Morgan fingerprint density at radius 2 is 2.00 bits per heavy atom. The van der Waals surface area contributed by atoms with E-state index in [2.05, 4.69) is 39.9 Å². The Morgan fingerprint density at radius 1 is 1.14 bits per heavy atom. The van der Waals surface area contributed by atoms with Crippen LogP contribution in [0.2, 0.25) is 10.0 Å². The minimum Gasteiger partial charge on any atom is -0.383 e. The van der Waals surface area contributed by atoms with Crippen LogP contribution in [0.15, 0.2) is 42.6 Å². The Hall–Kier alpha value is -1.76. The second kappa shape index (κ2) is 8.72. The SMILES string of the molecule is COCCN1C(c2ccc3c(c2)COC3)=CNC1NCc1ccc(Cl)c(Cl)c1. The van der Waals surface area contributed by atoms with E-state index in [1.165, 1.54) is 16.7 Å². The fraction of sp³-hybridized carbons (Fsp3) is 0.333. The summed E-state index contributed by atoms with van der Waals surface area (Å²) in [5, 5.41) is 8.10. The standard InChI is InChI=1S/C21H23Cl2N3O2/c1-27-7-6-26-20(15-3-4-16-12-28-13-17(16)9-15)11-25-21(26)24-10-14-2-5-18(22)19(23)8-14/h2-5,8-9,11,21,24-25H,6-7,10,12-13H2,1H3. The number of nitrogens with one attached hydrogen (secondary N) is 2. The van der Waals surface area contributed by atoms with Gasteiger partial charge in [0.25, 0.3) is 0 Å². The summed E-state index contributed by atoms with van der Waals surface area (Å²) in [5.74, 6) is 0. The first kappa shape index (κ1) is 19.6. The Labute approximate surface area is 175 Å². The lowest BCUT2D eigenvalue weighted by atomic mass is 10.0. The summed E-state index contributed by atoms with van der Waals surface area (Å²) in [6.45, 7) is 3.45. The summed E-state index contributed by atoms with van der Waals surface area (Å²) in [6, 6.07) is 12.2. The van der Waals surface area contributed by atoms with Crippen LogP contribution in [0.4, 0.5) is 0 Å². The van der Waals surface area contributed by atoms with E-state index in [4.69, 9.17) is 32.7 Å². The third kappa shape index (κ3) is 4.14. The Morgan fingerprint density at radius 3 is 2.82 bits per heavy atom. The number of methoxy groups -OCH3 is 1. The molecule has 0 aromatic heterocycles. The number of hydrogen-bond donors (Lipinski definition) is 2. The van der Waals surface area contributed by atoms with Gasteiger partial charge < -0.3 is 19.7 Å². The second-order valence-electron chi connectivity index (χ2n) is 6.89. The average Bonchev–Trinajstić information content (AvgIpc) is 3.33. The van der Waals surface area contributed by atoms with Crippen LogP contribution in [-0.2, 0) is 29.2 Å². The number of fused-ring (bicyclic) bond motifs is 1. The minimum absolute atomic E-state index is 0.0379. The molecule has 2 heterocycles. The molecule has 0 saturated heterocycles. The highest BCUT2D eigenvalue weighted by molar-refractivity contribution is 6.42. The van der Waals surface area contributed by atoms with Crippen LogP contribution >= 0.6 is 23.2 Å². The van der Waals surface area contributed by atoms with Gasteiger partial charge in [-0.1, -0.05) is 41.4 Å². The molecular weight excluding hydrogens is 397 g/mol. The van der Waals surface area contributed by atoms with Crippen LogP contribution in [0.25, 0.3) is 5.70 Å². The molecule has 2 aliphatic heterocycles. The fourth-order valence-electron chi connectivity index (χ4n) is 3.52. The van der Waals surface area contributed by atoms with Crippen molar-refractivity contribution < 1.29 is 9.47 Å². The molecule has 2 N–H and O–H groups in total. The molecule has 2 aromatic rings. The van der Waals surface area contributed by atoms with Gasteiger partial charge in [0.1, 0.15) is 0 Å². The van der Waals surface area contributed by atoms with E-state index in [1.807, 2.05) is 18.2 Å². The fourth-order valence-corrected chi connectivity index (χ4v) is 3.84. The third-order valence-corrected chi connectivity index (χ3v) is 5.78. The van der Waals surface area contributed by atoms with Crippen molar-refractivity contribution in [2.75, 3.05) is 20.3 Å². The lowest BCUT2D eigenvalue weighted by Gasteiger charge is -2.30. The van der Waals surface area contributed by atoms with Gasteiger partial charge in [-0.2, -0.15) is 0 Å². The van der Waals surface area contributed by atoms with Crippen LogP contribution in [0.3, 0.4) is 0 Å². The summed E-state index contributed by atoms with van der Waals surface area (Å²) >= 11 is 12.1. The summed E-state index contributed by atoms with van der Waals surface area (Å²) in [6.07, 6.45) is 2.02. The van der Waals surface area contributed by atoms with Crippen molar-refractivity contribution in [2.24, 2.45) is 0 Å². The van der Waals surface area contributed by atoms with Gasteiger partial charge in [-0.15, -0.1) is 0 Å². The molecule has 2 aliphatic rings. The van der Waals surface area contributed by atoms with Crippen LogP contribution in [-0.4, -0.2) is 31.5 Å². The zero-order valence-electron chi connectivity index (χ0n) is 15.7. The quantitative estimate of drug-likeness (QED) is 0.711. The van der Waals surface area contributed by atoms with Gasteiger partial charge in [0.2, 0.25) is 0 Å². The molecule has 148 valence electrons. The molecule has 7 heteroatoms. The molecule has 1 unspecified atom stereocenters. The topological polar surface area (TPSA) is 45.8 Å². The van der Waals surface area contributed by atoms with Gasteiger partial charge in [0, 0.05) is 26.4 Å². The highest BCUT2D eigenvalue weighted by Crippen LogP contribution is 2.29. The number of rotatable bonds is 7. The lowest BCUT2D eigenvalue weighted by Crippen LogP contribution is -2.48. The maximum absolute atomic E-state index is 6.13. The van der Waals surface area contributed by atoms with E-state index in [0.29, 0.717) is 36.4 Å². The highest BCUT2D eigenvalue weighted by atomic mass is 35.5. The number of benzene rings is 2. The van der Waals surface area contributed by atoms with E-state index in [9.17, 15) is 0 Å². The van der Waals surface area contributed by atoms with Crippen molar-refractivity contribution in [2.45, 2.75) is 26.0 Å². The molecule has 0 aliphatic carbocycles. The van der Waals surface area contributed by atoms with Crippen molar-refractivity contribution >= 4 is 28.9 Å². The Balaban J connectivity index is 1.48. The molecule has 0 spiro atoms. The van der Waals surface area contributed by atoms with Crippen LogP contribution in [0.1, 0.15) is 22.3 Å². The van der Waals surface area contributed by atoms with Gasteiger partial charge in [-0.05, 0) is 40.5 Å². The van der Waals surface area contributed by atoms with Gasteiger partial charge in [-0.3, -0.25) is 5.32 Å². The molecule has 4 rings (SSSR count). The molecule has 2 aromatic carbocycles. The van der Waals surface area contributed by atoms with E-state index in [-0.39, 0.29) is 6.29 Å². The van der Waals surface area contributed by atoms with Crippen molar-refractivity contribution in [3.8, 4) is 0 Å². The largest absolute Gasteiger partial charge is 0.383 e. The van der Waals surface area contributed by atoms with Crippen molar-refractivity contribution in [3.05, 3.63) is 74.9 Å². The smallest absolute Gasteiger partial charge is 0.155 e. The first-order valence-electron chi connectivity index (χ1n) is 9.25. The Kier molecular flexibility index (Phi) is 6.09. The molecule has 0 radical (unpaired) electrons. The molecule has 1 atom stereocenters. The number of nitrogens with zero attached hydrogens (tertiary/aromatic N) is 1. The van der Waals surface area contributed by atoms with Crippen LogP contribution in [0.5, 0.6) is 0 Å². The molecule has 0 bridgehead atoms. The molecule has 28 heavy (non-hydrogen) atoms. The van der Waals surface area contributed by atoms with Gasteiger partial charge in [0.15, 0.2) is 6.29 Å². The average molecular weight is 420 g/mol. The summed E-state index contributed by atoms with van der Waals surface area (Å²) in [7, 11) is 1.72. The summed E-state index contributed by atoms with van der Waals surface area (Å²) in [4.78, 5) is 2.28. The highest BCUT2D eigenvalue weighted by Gasteiger charge is 2.27. The zero-order valence-corrected chi connectivity index (χ0v) is 17.2. The maximum Gasteiger partial charge on any atom is 0.155 e. The monoisotopic (exact) mass is 419 g/mol. The number of hydrogen-bond acceptors (Lipinski definition) is 5. The third-order valence-electron chi connectivity index (χ3n) is 5.04. The number of halogens is 2. The zero-order chi connectivity index (χ0) is 19.5. The van der Waals surface area contributed by atoms with E-state index in [1.54, 1.807) is 7.11 Å². The van der Waals surface area contributed by atoms with Gasteiger partial charge in [-0.25, -0.2) is 0 Å². The first-order chi connectivity index (χ1) is 13.7. The lowest BCUT2D eigenvalue weighted by molar-refractivity contribution is 0.134. The Bertz CT molecular complexity index is 888. The predicted octanol–water partition coefficient (Wildman–Crippen LogP) is 3.95. The van der Waals surface area contributed by atoms with Crippen molar-refractivity contribution in [3.63, 3.8) is 0 Å². The maximum atomic E-state index is 6.13. The molecular formula is C21H23Cl2N3O2. The summed E-state index contributed by atoms with van der Waals surface area (Å²) in [5.41, 5.74) is 5.92. The van der Waals surface area contributed by atoms with Crippen molar-refractivity contribution in [1.29, 1.82) is 0 Å².